The molecular formula is C37H79N. The fourth-order valence-electron chi connectivity index (χ4n) is 5.80. The standard InChI is InChI=1S/C36H74.CH5N/c1-3-5-7-9-11-13-15-17-19-21-23-25-27-29-31-33-35-36-34-32-30-28-26-24-22-20-18-16-14-12-10-8-6-4-2;1-2/h3-36H2,1-2H3;2H2,1H3. The van der Waals surface area contributed by atoms with Crippen LogP contribution in [0.15, 0.2) is 0 Å². The third-order valence-corrected chi connectivity index (χ3v) is 8.46. The molecule has 0 radical (unpaired) electrons. The minimum atomic E-state index is 1.37. The maximum Gasteiger partial charge on any atom is -0.0195 e. The topological polar surface area (TPSA) is 26.0 Å². The molecule has 0 saturated heterocycles. The molecule has 38 heavy (non-hydrogen) atoms. The third-order valence-electron chi connectivity index (χ3n) is 8.46. The SMILES string of the molecule is CCCCCCCCCCCCCCCCCCCCCCCCCCCCCCCCCCCC.CN. The second kappa shape index (κ2) is 41.4. The van der Waals surface area contributed by atoms with Crippen LogP contribution in [0.1, 0.15) is 232 Å². The molecule has 1 nitrogen and oxygen atoms in total. The Balaban J connectivity index is 0. The molecule has 0 unspecified atom stereocenters. The lowest BCUT2D eigenvalue weighted by molar-refractivity contribution is 0.511. The van der Waals surface area contributed by atoms with Gasteiger partial charge in [-0.1, -0.05) is 232 Å². The molecule has 0 aliphatic rings. The van der Waals surface area contributed by atoms with Gasteiger partial charge in [-0.2, -0.15) is 0 Å². The van der Waals surface area contributed by atoms with Gasteiger partial charge < -0.3 is 5.73 Å². The highest BCUT2D eigenvalue weighted by Gasteiger charge is 1.97. The van der Waals surface area contributed by atoms with Gasteiger partial charge in [0, 0.05) is 0 Å². The quantitative estimate of drug-likeness (QED) is 0.0827. The Morgan fingerprint density at radius 2 is 0.263 bits per heavy atom. The largest absolute Gasteiger partial charge is 0.333 e. The summed E-state index contributed by atoms with van der Waals surface area (Å²) in [6.07, 6.45) is 50.4. The minimum absolute atomic E-state index is 1.37. The van der Waals surface area contributed by atoms with Gasteiger partial charge in [0.05, 0.1) is 0 Å². The molecular weight excluding hydrogens is 458 g/mol. The van der Waals surface area contributed by atoms with E-state index in [1.165, 1.54) is 225 Å². The second-order valence-corrected chi connectivity index (χ2v) is 12.3. The first-order valence-corrected chi connectivity index (χ1v) is 18.5. The van der Waals surface area contributed by atoms with Crippen molar-refractivity contribution in [2.75, 3.05) is 7.05 Å². The lowest BCUT2D eigenvalue weighted by Crippen LogP contribution is -1.85. The van der Waals surface area contributed by atoms with E-state index in [9.17, 15) is 0 Å². The summed E-state index contributed by atoms with van der Waals surface area (Å²) in [5.41, 5.74) is 4.50. The van der Waals surface area contributed by atoms with Crippen LogP contribution in [-0.4, -0.2) is 7.05 Å². The summed E-state index contributed by atoms with van der Waals surface area (Å²) in [7, 11) is 1.50. The Kier molecular flexibility index (Phi) is 43.7. The van der Waals surface area contributed by atoms with E-state index in [0.717, 1.165) is 0 Å². The molecule has 0 aromatic rings. The summed E-state index contributed by atoms with van der Waals surface area (Å²) in [6.45, 7) is 4.62. The van der Waals surface area contributed by atoms with E-state index in [0.29, 0.717) is 0 Å². The molecule has 2 N–H and O–H groups in total. The van der Waals surface area contributed by atoms with Crippen LogP contribution in [0.2, 0.25) is 0 Å². The van der Waals surface area contributed by atoms with E-state index in [2.05, 4.69) is 19.6 Å². The Hall–Kier alpha value is -0.0400. The van der Waals surface area contributed by atoms with Gasteiger partial charge in [0.25, 0.3) is 0 Å². The van der Waals surface area contributed by atoms with Crippen LogP contribution in [0.3, 0.4) is 0 Å². The van der Waals surface area contributed by atoms with Crippen LogP contribution in [0.25, 0.3) is 0 Å². The van der Waals surface area contributed by atoms with E-state index in [4.69, 9.17) is 0 Å². The molecule has 0 saturated carbocycles. The van der Waals surface area contributed by atoms with Crippen LogP contribution in [0, 0.1) is 0 Å². The van der Waals surface area contributed by atoms with Crippen molar-refractivity contribution in [3.05, 3.63) is 0 Å². The van der Waals surface area contributed by atoms with Gasteiger partial charge in [0.2, 0.25) is 0 Å². The number of nitrogens with two attached hydrogens (primary N) is 1. The molecule has 0 aromatic heterocycles. The fraction of sp³-hybridized carbons (Fsp3) is 1.00. The van der Waals surface area contributed by atoms with Gasteiger partial charge in [0.15, 0.2) is 0 Å². The van der Waals surface area contributed by atoms with Crippen LogP contribution in [0.5, 0.6) is 0 Å². The van der Waals surface area contributed by atoms with Crippen LogP contribution < -0.4 is 5.73 Å². The van der Waals surface area contributed by atoms with Crippen molar-refractivity contribution < 1.29 is 0 Å². The van der Waals surface area contributed by atoms with Crippen LogP contribution >= 0.6 is 0 Å². The summed E-state index contributed by atoms with van der Waals surface area (Å²) in [4.78, 5) is 0. The van der Waals surface area contributed by atoms with Gasteiger partial charge in [0.1, 0.15) is 0 Å². The van der Waals surface area contributed by atoms with E-state index >= 15 is 0 Å². The highest BCUT2D eigenvalue weighted by Crippen LogP contribution is 2.17. The highest BCUT2D eigenvalue weighted by atomic mass is 14.4. The van der Waals surface area contributed by atoms with Crippen molar-refractivity contribution in [2.45, 2.75) is 232 Å². The Morgan fingerprint density at radius 1 is 0.184 bits per heavy atom. The fourth-order valence-corrected chi connectivity index (χ4v) is 5.80. The predicted molar refractivity (Wildman–Crippen MR) is 178 cm³/mol. The number of hydrogen-bond donors (Lipinski definition) is 1. The van der Waals surface area contributed by atoms with Crippen molar-refractivity contribution in [3.8, 4) is 0 Å². The van der Waals surface area contributed by atoms with Gasteiger partial charge >= 0.3 is 0 Å². The zero-order valence-electron chi connectivity index (χ0n) is 27.6. The van der Waals surface area contributed by atoms with E-state index in [1.54, 1.807) is 0 Å². The number of rotatable bonds is 33. The first kappa shape index (κ1) is 40.1. The van der Waals surface area contributed by atoms with Crippen molar-refractivity contribution >= 4 is 0 Å². The van der Waals surface area contributed by atoms with Gasteiger partial charge in [-0.15, -0.1) is 0 Å². The maximum absolute atomic E-state index is 4.50. The molecule has 0 amide bonds. The molecule has 0 atom stereocenters. The molecule has 1 heteroatoms. The highest BCUT2D eigenvalue weighted by molar-refractivity contribution is 4.52. The van der Waals surface area contributed by atoms with Crippen LogP contribution in [-0.2, 0) is 0 Å². The molecule has 0 fully saturated rings. The monoisotopic (exact) mass is 538 g/mol. The number of unbranched alkanes of at least 4 members (excludes halogenated alkanes) is 33. The minimum Gasteiger partial charge on any atom is -0.333 e. The third kappa shape index (κ3) is 40.5. The van der Waals surface area contributed by atoms with Gasteiger partial charge in [-0.25, -0.2) is 0 Å². The molecule has 0 bridgehead atoms. The lowest BCUT2D eigenvalue weighted by atomic mass is 10.0. The second-order valence-electron chi connectivity index (χ2n) is 12.3. The average Bonchev–Trinajstić information content (AvgIpc) is 2.95. The normalized spacial score (nSPS) is 11.1. The van der Waals surface area contributed by atoms with E-state index < -0.39 is 0 Å². The van der Waals surface area contributed by atoms with E-state index in [-0.39, 0.29) is 0 Å². The zero-order valence-corrected chi connectivity index (χ0v) is 27.6. The van der Waals surface area contributed by atoms with Crippen molar-refractivity contribution in [1.82, 2.24) is 0 Å². The Labute approximate surface area is 244 Å². The first-order chi connectivity index (χ1) is 18.9. The Bertz CT molecular complexity index is 319. The van der Waals surface area contributed by atoms with E-state index in [1.807, 2.05) is 0 Å². The summed E-state index contributed by atoms with van der Waals surface area (Å²) < 4.78 is 0. The smallest absolute Gasteiger partial charge is 0.0195 e. The summed E-state index contributed by atoms with van der Waals surface area (Å²) in [5.74, 6) is 0. The predicted octanol–water partition coefficient (Wildman–Crippen LogP) is 13.9. The zero-order chi connectivity index (χ0) is 28.0. The molecule has 0 rings (SSSR count). The first-order valence-electron chi connectivity index (χ1n) is 18.5. The summed E-state index contributed by atoms with van der Waals surface area (Å²) in [6, 6.07) is 0. The van der Waals surface area contributed by atoms with Gasteiger partial charge in [-0.3, -0.25) is 0 Å². The Morgan fingerprint density at radius 3 is 0.342 bits per heavy atom. The molecule has 0 aliphatic carbocycles. The summed E-state index contributed by atoms with van der Waals surface area (Å²) >= 11 is 0. The van der Waals surface area contributed by atoms with Gasteiger partial charge in [-0.05, 0) is 7.05 Å². The van der Waals surface area contributed by atoms with Crippen molar-refractivity contribution in [1.29, 1.82) is 0 Å². The molecule has 0 aliphatic heterocycles. The summed E-state index contributed by atoms with van der Waals surface area (Å²) in [5, 5.41) is 0. The lowest BCUT2D eigenvalue weighted by Gasteiger charge is -2.05. The van der Waals surface area contributed by atoms with Crippen molar-refractivity contribution in [2.24, 2.45) is 5.73 Å². The molecule has 0 spiro atoms. The molecule has 232 valence electrons. The maximum atomic E-state index is 4.50. The van der Waals surface area contributed by atoms with Crippen LogP contribution in [0.4, 0.5) is 0 Å². The molecule has 0 aromatic carbocycles. The molecule has 0 heterocycles. The van der Waals surface area contributed by atoms with Crippen molar-refractivity contribution in [3.63, 3.8) is 0 Å². The average molecular weight is 538 g/mol. The number of hydrogen-bond acceptors (Lipinski definition) is 1.